The molecule has 96 valence electrons. The van der Waals surface area contributed by atoms with E-state index in [2.05, 4.69) is 36.1 Å². The molecule has 1 heterocycles. The van der Waals surface area contributed by atoms with Gasteiger partial charge in [-0.05, 0) is 23.0 Å². The molecule has 17 heavy (non-hydrogen) atoms. The molecule has 1 rings (SSSR count). The molecule has 0 unspecified atom stereocenters. The zero-order chi connectivity index (χ0) is 12.7. The summed E-state index contributed by atoms with van der Waals surface area (Å²) in [6.45, 7) is 3.33. The van der Waals surface area contributed by atoms with Crippen molar-refractivity contribution in [2.24, 2.45) is 0 Å². The van der Waals surface area contributed by atoms with Gasteiger partial charge in [0.2, 0.25) is 0 Å². The van der Waals surface area contributed by atoms with E-state index in [0.29, 0.717) is 10.3 Å². The molecule has 0 spiro atoms. The Morgan fingerprint density at radius 2 is 2.24 bits per heavy atom. The lowest BCUT2D eigenvalue weighted by atomic mass is 10.4. The quantitative estimate of drug-likeness (QED) is 0.776. The van der Waals surface area contributed by atoms with Crippen LogP contribution in [0.3, 0.4) is 0 Å². The highest BCUT2D eigenvalue weighted by atomic mass is 79.9. The lowest BCUT2D eigenvalue weighted by Gasteiger charge is -2.16. The monoisotopic (exact) mass is 303 g/mol. The summed E-state index contributed by atoms with van der Waals surface area (Å²) < 4.78 is 5.71. The summed E-state index contributed by atoms with van der Waals surface area (Å²) >= 11 is 3.34. The molecule has 0 radical (unpaired) electrons. The Labute approximate surface area is 110 Å². The second kappa shape index (κ2) is 7.41. The average Bonchev–Trinajstić information content (AvgIpc) is 2.32. The fourth-order valence-corrected chi connectivity index (χ4v) is 1.58. The van der Waals surface area contributed by atoms with Gasteiger partial charge in [-0.3, -0.25) is 0 Å². The van der Waals surface area contributed by atoms with Crippen molar-refractivity contribution in [1.82, 2.24) is 14.9 Å². The van der Waals surface area contributed by atoms with Crippen molar-refractivity contribution in [2.45, 2.75) is 0 Å². The summed E-state index contributed by atoms with van der Waals surface area (Å²) in [5.41, 5.74) is 5.65. The van der Waals surface area contributed by atoms with Gasteiger partial charge in [-0.1, -0.05) is 0 Å². The SMILES string of the molecule is COCCN(C)CCNc1ncnc(N)c1Br. The van der Waals surface area contributed by atoms with Crippen molar-refractivity contribution < 1.29 is 4.74 Å². The lowest BCUT2D eigenvalue weighted by Crippen LogP contribution is -2.28. The Morgan fingerprint density at radius 3 is 2.94 bits per heavy atom. The minimum Gasteiger partial charge on any atom is -0.383 e. The van der Waals surface area contributed by atoms with Gasteiger partial charge in [0.15, 0.2) is 0 Å². The van der Waals surface area contributed by atoms with Crippen LogP contribution < -0.4 is 11.1 Å². The molecule has 0 aliphatic rings. The maximum Gasteiger partial charge on any atom is 0.145 e. The minimum atomic E-state index is 0.440. The average molecular weight is 304 g/mol. The van der Waals surface area contributed by atoms with Gasteiger partial charge >= 0.3 is 0 Å². The number of rotatable bonds is 7. The van der Waals surface area contributed by atoms with E-state index in [0.717, 1.165) is 32.1 Å². The second-order valence-corrected chi connectivity index (χ2v) is 4.44. The van der Waals surface area contributed by atoms with Gasteiger partial charge in [-0.2, -0.15) is 0 Å². The Hall–Kier alpha value is -0.920. The Balaban J connectivity index is 2.33. The number of likely N-dealkylation sites (N-methyl/N-ethyl adjacent to an activating group) is 1. The Bertz CT molecular complexity index is 349. The molecule has 0 aromatic carbocycles. The number of anilines is 2. The number of aromatic nitrogens is 2. The van der Waals surface area contributed by atoms with Crippen LogP contribution in [0.15, 0.2) is 10.8 Å². The van der Waals surface area contributed by atoms with Gasteiger partial charge in [-0.15, -0.1) is 0 Å². The normalized spacial score (nSPS) is 10.8. The van der Waals surface area contributed by atoms with E-state index in [1.807, 2.05) is 7.05 Å². The standard InChI is InChI=1S/C10H18BrN5O/c1-16(5-6-17-2)4-3-13-10-8(11)9(12)14-7-15-10/h7H,3-6H2,1-2H3,(H3,12,13,14,15). The largest absolute Gasteiger partial charge is 0.383 e. The van der Waals surface area contributed by atoms with E-state index in [4.69, 9.17) is 10.5 Å². The molecule has 1 aromatic heterocycles. The number of nitrogens with zero attached hydrogens (tertiary/aromatic N) is 3. The number of methoxy groups -OCH3 is 1. The van der Waals surface area contributed by atoms with Crippen LogP contribution in [0, 0.1) is 0 Å². The number of hydrogen-bond donors (Lipinski definition) is 2. The van der Waals surface area contributed by atoms with Crippen LogP contribution in [0.25, 0.3) is 0 Å². The molecule has 0 saturated heterocycles. The van der Waals surface area contributed by atoms with Crippen LogP contribution in [-0.4, -0.2) is 55.3 Å². The summed E-state index contributed by atoms with van der Waals surface area (Å²) in [4.78, 5) is 10.2. The van der Waals surface area contributed by atoms with Crippen molar-refractivity contribution in [2.75, 3.05) is 51.4 Å². The molecule has 1 aromatic rings. The van der Waals surface area contributed by atoms with Gasteiger partial charge in [-0.25, -0.2) is 9.97 Å². The highest BCUT2D eigenvalue weighted by molar-refractivity contribution is 9.10. The van der Waals surface area contributed by atoms with E-state index >= 15 is 0 Å². The highest BCUT2D eigenvalue weighted by Gasteiger charge is 2.05. The highest BCUT2D eigenvalue weighted by Crippen LogP contribution is 2.23. The van der Waals surface area contributed by atoms with Gasteiger partial charge in [0.1, 0.15) is 22.4 Å². The van der Waals surface area contributed by atoms with Gasteiger partial charge in [0.25, 0.3) is 0 Å². The van der Waals surface area contributed by atoms with Gasteiger partial charge in [0.05, 0.1) is 6.61 Å². The van der Waals surface area contributed by atoms with E-state index in [-0.39, 0.29) is 0 Å². The zero-order valence-electron chi connectivity index (χ0n) is 10.1. The van der Waals surface area contributed by atoms with Crippen LogP contribution in [-0.2, 0) is 4.74 Å². The first kappa shape index (κ1) is 14.1. The van der Waals surface area contributed by atoms with E-state index < -0.39 is 0 Å². The molecule has 7 heteroatoms. The van der Waals surface area contributed by atoms with E-state index in [1.165, 1.54) is 6.33 Å². The smallest absolute Gasteiger partial charge is 0.145 e. The summed E-state index contributed by atoms with van der Waals surface area (Å²) in [6, 6.07) is 0. The van der Waals surface area contributed by atoms with E-state index in [1.54, 1.807) is 7.11 Å². The molecule has 0 atom stereocenters. The maximum absolute atomic E-state index is 5.65. The van der Waals surface area contributed by atoms with E-state index in [9.17, 15) is 0 Å². The molecule has 0 bridgehead atoms. The molecule has 3 N–H and O–H groups in total. The first-order chi connectivity index (χ1) is 8.15. The minimum absolute atomic E-state index is 0.440. The van der Waals surface area contributed by atoms with Gasteiger partial charge in [0, 0.05) is 26.7 Å². The predicted octanol–water partition coefficient (Wildman–Crippen LogP) is 0.811. The third kappa shape index (κ3) is 4.84. The molecular formula is C10H18BrN5O. The molecule has 0 fully saturated rings. The molecule has 0 aliphatic carbocycles. The fraction of sp³-hybridized carbons (Fsp3) is 0.600. The van der Waals surface area contributed by atoms with Crippen molar-refractivity contribution in [3.8, 4) is 0 Å². The van der Waals surface area contributed by atoms with Crippen molar-refractivity contribution in [3.63, 3.8) is 0 Å². The number of nitrogens with one attached hydrogen (secondary N) is 1. The summed E-state index contributed by atoms with van der Waals surface area (Å²) in [5.74, 6) is 1.16. The van der Waals surface area contributed by atoms with Crippen molar-refractivity contribution in [1.29, 1.82) is 0 Å². The zero-order valence-corrected chi connectivity index (χ0v) is 11.7. The summed E-state index contributed by atoms with van der Waals surface area (Å²) in [7, 11) is 3.75. The molecular weight excluding hydrogens is 286 g/mol. The third-order valence-electron chi connectivity index (χ3n) is 2.28. The summed E-state index contributed by atoms with van der Waals surface area (Å²) in [5, 5.41) is 3.20. The number of hydrogen-bond acceptors (Lipinski definition) is 6. The first-order valence-electron chi connectivity index (χ1n) is 5.32. The topological polar surface area (TPSA) is 76.3 Å². The molecule has 6 nitrogen and oxygen atoms in total. The number of halogens is 1. The molecule has 0 saturated carbocycles. The van der Waals surface area contributed by atoms with Crippen molar-refractivity contribution in [3.05, 3.63) is 10.8 Å². The second-order valence-electron chi connectivity index (χ2n) is 3.64. The molecule has 0 aliphatic heterocycles. The van der Waals surface area contributed by atoms with Crippen LogP contribution in [0.2, 0.25) is 0 Å². The van der Waals surface area contributed by atoms with Crippen LogP contribution >= 0.6 is 15.9 Å². The lowest BCUT2D eigenvalue weighted by molar-refractivity contribution is 0.163. The van der Waals surface area contributed by atoms with Crippen LogP contribution in [0.5, 0.6) is 0 Å². The summed E-state index contributed by atoms with van der Waals surface area (Å²) in [6.07, 6.45) is 1.44. The Morgan fingerprint density at radius 1 is 1.47 bits per heavy atom. The number of ether oxygens (including phenoxy) is 1. The van der Waals surface area contributed by atoms with Crippen LogP contribution in [0.4, 0.5) is 11.6 Å². The maximum atomic E-state index is 5.65. The van der Waals surface area contributed by atoms with Crippen molar-refractivity contribution >= 4 is 27.6 Å². The first-order valence-corrected chi connectivity index (χ1v) is 6.11. The number of nitrogens with two attached hydrogens (primary N) is 1. The van der Waals surface area contributed by atoms with Crippen LogP contribution in [0.1, 0.15) is 0 Å². The van der Waals surface area contributed by atoms with Gasteiger partial charge < -0.3 is 20.7 Å². The third-order valence-corrected chi connectivity index (χ3v) is 3.06. The predicted molar refractivity (Wildman–Crippen MR) is 72.0 cm³/mol. The Kier molecular flexibility index (Phi) is 6.17. The number of nitrogen functional groups attached to an aromatic ring is 1. The fourth-order valence-electron chi connectivity index (χ4n) is 1.23. The molecule has 0 amide bonds.